The summed E-state index contributed by atoms with van der Waals surface area (Å²) in [7, 11) is 2.10. The molecule has 1 aliphatic heterocycles. The van der Waals surface area contributed by atoms with Crippen LogP contribution in [-0.2, 0) is 6.54 Å². The summed E-state index contributed by atoms with van der Waals surface area (Å²) in [6.45, 7) is 6.59. The van der Waals surface area contributed by atoms with E-state index in [1.165, 1.54) is 0 Å². The first-order valence-corrected chi connectivity index (χ1v) is 6.21. The van der Waals surface area contributed by atoms with E-state index in [1.54, 1.807) is 17.0 Å². The maximum atomic E-state index is 12.2. The lowest BCUT2D eigenvalue weighted by molar-refractivity contribution is 0.311. The quantitative estimate of drug-likeness (QED) is 0.762. The van der Waals surface area contributed by atoms with Crippen molar-refractivity contribution in [1.29, 1.82) is 0 Å². The molecule has 0 N–H and O–H groups in total. The van der Waals surface area contributed by atoms with Crippen LogP contribution in [0.4, 0.5) is 5.82 Å². The number of hydrogen-bond acceptors (Lipinski definition) is 4. The molecule has 0 aliphatic carbocycles. The summed E-state index contributed by atoms with van der Waals surface area (Å²) in [6, 6.07) is 0. The van der Waals surface area contributed by atoms with E-state index in [0.29, 0.717) is 5.82 Å². The Hall–Kier alpha value is -1.36. The van der Waals surface area contributed by atoms with Gasteiger partial charge in [-0.25, -0.2) is 4.98 Å². The third kappa shape index (κ3) is 2.66. The summed E-state index contributed by atoms with van der Waals surface area (Å²) in [5, 5.41) is 0. The van der Waals surface area contributed by atoms with E-state index < -0.39 is 0 Å². The predicted octanol–water partition coefficient (Wildman–Crippen LogP) is 0.405. The smallest absolute Gasteiger partial charge is 0.293 e. The fourth-order valence-electron chi connectivity index (χ4n) is 2.09. The summed E-state index contributed by atoms with van der Waals surface area (Å²) in [6.07, 6.45) is 4.46. The molecule has 0 radical (unpaired) electrons. The van der Waals surface area contributed by atoms with Crippen molar-refractivity contribution >= 4 is 5.82 Å². The van der Waals surface area contributed by atoms with E-state index >= 15 is 0 Å². The van der Waals surface area contributed by atoms with Gasteiger partial charge >= 0.3 is 0 Å². The van der Waals surface area contributed by atoms with Gasteiger partial charge in [-0.1, -0.05) is 6.92 Å². The van der Waals surface area contributed by atoms with E-state index in [9.17, 15) is 4.79 Å². The average molecular weight is 236 g/mol. The molecule has 1 aliphatic rings. The first kappa shape index (κ1) is 12.1. The highest BCUT2D eigenvalue weighted by Gasteiger charge is 2.18. The minimum Gasteiger partial charge on any atom is -0.349 e. The second kappa shape index (κ2) is 5.31. The van der Waals surface area contributed by atoms with E-state index in [2.05, 4.69) is 28.8 Å². The van der Waals surface area contributed by atoms with Gasteiger partial charge in [0.05, 0.1) is 0 Å². The fraction of sp³-hybridized carbons (Fsp3) is 0.667. The Balaban J connectivity index is 2.21. The lowest BCUT2D eigenvalue weighted by Crippen LogP contribution is -2.47. The molecular weight excluding hydrogens is 216 g/mol. The molecule has 1 aromatic rings. The zero-order valence-corrected chi connectivity index (χ0v) is 10.6. The Labute approximate surface area is 102 Å². The summed E-state index contributed by atoms with van der Waals surface area (Å²) >= 11 is 0. The molecule has 2 heterocycles. The summed E-state index contributed by atoms with van der Waals surface area (Å²) in [4.78, 5) is 20.8. The molecule has 1 aromatic heterocycles. The molecular formula is C12H20N4O. The molecule has 94 valence electrons. The van der Waals surface area contributed by atoms with Crippen LogP contribution in [0.15, 0.2) is 17.2 Å². The first-order valence-electron chi connectivity index (χ1n) is 6.21. The van der Waals surface area contributed by atoms with Crippen molar-refractivity contribution in [3.8, 4) is 0 Å². The van der Waals surface area contributed by atoms with Crippen molar-refractivity contribution < 1.29 is 0 Å². The van der Waals surface area contributed by atoms with Gasteiger partial charge in [-0.3, -0.25) is 4.79 Å². The first-order chi connectivity index (χ1) is 8.22. The molecule has 0 spiro atoms. The van der Waals surface area contributed by atoms with Gasteiger partial charge in [0.15, 0.2) is 5.82 Å². The van der Waals surface area contributed by atoms with Crippen LogP contribution in [0.1, 0.15) is 13.3 Å². The third-order valence-corrected chi connectivity index (χ3v) is 3.16. The van der Waals surface area contributed by atoms with Gasteiger partial charge in [-0.05, 0) is 13.5 Å². The molecule has 1 fully saturated rings. The van der Waals surface area contributed by atoms with Crippen LogP contribution in [0.2, 0.25) is 0 Å². The molecule has 0 saturated carbocycles. The van der Waals surface area contributed by atoms with Crippen LogP contribution in [0, 0.1) is 0 Å². The molecule has 5 heteroatoms. The molecule has 1 saturated heterocycles. The van der Waals surface area contributed by atoms with Crippen LogP contribution in [0.5, 0.6) is 0 Å². The van der Waals surface area contributed by atoms with Gasteiger partial charge in [0.25, 0.3) is 5.56 Å². The van der Waals surface area contributed by atoms with Gasteiger partial charge in [-0.15, -0.1) is 0 Å². The zero-order chi connectivity index (χ0) is 12.3. The van der Waals surface area contributed by atoms with E-state index in [4.69, 9.17) is 0 Å². The van der Waals surface area contributed by atoms with Crippen molar-refractivity contribution in [2.24, 2.45) is 0 Å². The lowest BCUT2D eigenvalue weighted by atomic mass is 10.3. The summed E-state index contributed by atoms with van der Waals surface area (Å²) in [5.74, 6) is 0.606. The van der Waals surface area contributed by atoms with Crippen molar-refractivity contribution in [3.63, 3.8) is 0 Å². The third-order valence-electron chi connectivity index (χ3n) is 3.16. The Kier molecular flexibility index (Phi) is 3.78. The Morgan fingerprint density at radius 2 is 2.00 bits per heavy atom. The highest BCUT2D eigenvalue weighted by Crippen LogP contribution is 2.07. The monoisotopic (exact) mass is 236 g/mol. The minimum absolute atomic E-state index is 0.0407. The number of piperazine rings is 1. The second-order valence-electron chi connectivity index (χ2n) is 4.54. The summed E-state index contributed by atoms with van der Waals surface area (Å²) < 4.78 is 1.75. The Morgan fingerprint density at radius 1 is 1.29 bits per heavy atom. The van der Waals surface area contributed by atoms with E-state index in [-0.39, 0.29) is 5.56 Å². The number of anilines is 1. The average Bonchev–Trinajstić information content (AvgIpc) is 2.34. The van der Waals surface area contributed by atoms with Gasteiger partial charge in [0.1, 0.15) is 0 Å². The van der Waals surface area contributed by atoms with Crippen molar-refractivity contribution in [2.45, 2.75) is 19.9 Å². The molecule has 2 rings (SSSR count). The molecule has 0 bridgehead atoms. The molecule has 0 unspecified atom stereocenters. The van der Waals surface area contributed by atoms with E-state index in [1.807, 2.05) is 0 Å². The SMILES string of the molecule is CCCn1ccnc(N2CCN(C)CC2)c1=O. The number of aryl methyl sites for hydroxylation is 1. The molecule has 0 aromatic carbocycles. The second-order valence-corrected chi connectivity index (χ2v) is 4.54. The normalized spacial score (nSPS) is 17.4. The van der Waals surface area contributed by atoms with Crippen molar-refractivity contribution in [1.82, 2.24) is 14.5 Å². The molecule has 0 atom stereocenters. The van der Waals surface area contributed by atoms with Crippen LogP contribution >= 0.6 is 0 Å². The highest BCUT2D eigenvalue weighted by atomic mass is 16.1. The number of nitrogens with zero attached hydrogens (tertiary/aromatic N) is 4. The van der Waals surface area contributed by atoms with Gasteiger partial charge in [-0.2, -0.15) is 0 Å². The highest BCUT2D eigenvalue weighted by molar-refractivity contribution is 5.36. The Morgan fingerprint density at radius 3 is 2.65 bits per heavy atom. The minimum atomic E-state index is 0.0407. The van der Waals surface area contributed by atoms with Gasteiger partial charge in [0.2, 0.25) is 0 Å². The maximum absolute atomic E-state index is 12.2. The van der Waals surface area contributed by atoms with Crippen LogP contribution in [0.3, 0.4) is 0 Å². The standard InChI is InChI=1S/C12H20N4O/c1-3-5-16-6-4-13-11(12(16)17)15-9-7-14(2)8-10-15/h4,6H,3,5,7-10H2,1-2H3. The Bertz CT molecular complexity index is 421. The van der Waals surface area contributed by atoms with Crippen molar-refractivity contribution in [2.75, 3.05) is 38.1 Å². The van der Waals surface area contributed by atoms with Gasteiger partial charge < -0.3 is 14.4 Å². The van der Waals surface area contributed by atoms with Crippen LogP contribution < -0.4 is 10.5 Å². The molecule has 5 nitrogen and oxygen atoms in total. The molecule has 0 amide bonds. The van der Waals surface area contributed by atoms with Crippen LogP contribution in [0.25, 0.3) is 0 Å². The topological polar surface area (TPSA) is 41.4 Å². The zero-order valence-electron chi connectivity index (χ0n) is 10.6. The summed E-state index contributed by atoms with van der Waals surface area (Å²) in [5.41, 5.74) is 0.0407. The van der Waals surface area contributed by atoms with Gasteiger partial charge in [0, 0.05) is 45.1 Å². The van der Waals surface area contributed by atoms with E-state index in [0.717, 1.165) is 39.1 Å². The number of likely N-dealkylation sites (N-methyl/N-ethyl adjacent to an activating group) is 1. The number of aromatic nitrogens is 2. The number of rotatable bonds is 3. The predicted molar refractivity (Wildman–Crippen MR) is 68.5 cm³/mol. The maximum Gasteiger partial charge on any atom is 0.293 e. The lowest BCUT2D eigenvalue weighted by Gasteiger charge is -2.32. The van der Waals surface area contributed by atoms with Crippen LogP contribution in [-0.4, -0.2) is 47.7 Å². The number of hydrogen-bond donors (Lipinski definition) is 0. The fourth-order valence-corrected chi connectivity index (χ4v) is 2.09. The van der Waals surface area contributed by atoms with Crippen molar-refractivity contribution in [3.05, 3.63) is 22.7 Å². The molecule has 17 heavy (non-hydrogen) atoms. The largest absolute Gasteiger partial charge is 0.349 e.